The number of piperidine rings is 1. The van der Waals surface area contributed by atoms with E-state index in [0.717, 1.165) is 54.9 Å². The summed E-state index contributed by atoms with van der Waals surface area (Å²) in [5.41, 5.74) is 3.90. The summed E-state index contributed by atoms with van der Waals surface area (Å²) in [6.45, 7) is 7.97. The number of alkyl halides is 3. The van der Waals surface area contributed by atoms with Gasteiger partial charge in [-0.15, -0.1) is 0 Å². The number of aryl methyl sites for hydroxylation is 1. The maximum absolute atomic E-state index is 13.2. The summed E-state index contributed by atoms with van der Waals surface area (Å²) in [6, 6.07) is 13.4. The fourth-order valence-corrected chi connectivity index (χ4v) is 4.71. The molecule has 9 heteroatoms. The fourth-order valence-electron chi connectivity index (χ4n) is 4.71. The quantitative estimate of drug-likeness (QED) is 0.291. The third-order valence-corrected chi connectivity index (χ3v) is 6.94. The number of imidazole rings is 1. The van der Waals surface area contributed by atoms with Crippen LogP contribution in [0.1, 0.15) is 55.3 Å². The van der Waals surface area contributed by atoms with Crippen molar-refractivity contribution in [1.82, 2.24) is 24.8 Å². The minimum atomic E-state index is -4.40. The average Bonchev–Trinajstić information content (AvgIpc) is 3.35. The van der Waals surface area contributed by atoms with E-state index in [2.05, 4.69) is 39.8 Å². The van der Waals surface area contributed by atoms with Crippen LogP contribution in [0.2, 0.25) is 0 Å². The molecule has 6 nitrogen and oxygen atoms in total. The molecule has 5 rings (SSSR count). The molecule has 0 amide bonds. The fraction of sp³-hybridized carbons (Fsp3) is 0.345. The van der Waals surface area contributed by atoms with Crippen LogP contribution in [0.15, 0.2) is 61.1 Å². The molecule has 0 aliphatic carbocycles. The molecular formula is C29H30F3N5O. The molecular weight excluding hydrogens is 491 g/mol. The SMILES string of the molecule is Cc1ccc(C(C)C)cc1Oc1nccc(-c2c(-c3ccc(C(F)(F)F)cc3)ncn2C2CCNCC2)n1. The van der Waals surface area contributed by atoms with Crippen LogP contribution in [0.5, 0.6) is 11.8 Å². The second-order valence-electron chi connectivity index (χ2n) is 9.91. The van der Waals surface area contributed by atoms with Crippen molar-refractivity contribution in [1.29, 1.82) is 0 Å². The molecule has 1 N–H and O–H groups in total. The lowest BCUT2D eigenvalue weighted by atomic mass is 10.0. The van der Waals surface area contributed by atoms with Crippen LogP contribution in [0.3, 0.4) is 0 Å². The van der Waals surface area contributed by atoms with Crippen LogP contribution < -0.4 is 10.1 Å². The number of nitrogens with one attached hydrogen (secondary N) is 1. The topological polar surface area (TPSA) is 64.9 Å². The molecule has 1 fully saturated rings. The highest BCUT2D eigenvalue weighted by Crippen LogP contribution is 2.37. The molecule has 0 spiro atoms. The van der Waals surface area contributed by atoms with Gasteiger partial charge in [0.05, 0.1) is 29.0 Å². The van der Waals surface area contributed by atoms with Gasteiger partial charge in [-0.25, -0.2) is 9.97 Å². The number of nitrogens with zero attached hydrogens (tertiary/aromatic N) is 4. The van der Waals surface area contributed by atoms with Crippen molar-refractivity contribution in [3.8, 4) is 34.4 Å². The highest BCUT2D eigenvalue weighted by molar-refractivity contribution is 5.77. The van der Waals surface area contributed by atoms with Gasteiger partial charge in [-0.05, 0) is 74.2 Å². The van der Waals surface area contributed by atoms with E-state index in [1.54, 1.807) is 18.6 Å². The molecule has 2 aromatic carbocycles. The second-order valence-corrected chi connectivity index (χ2v) is 9.91. The Kier molecular flexibility index (Phi) is 7.21. The van der Waals surface area contributed by atoms with Crippen LogP contribution in [0.25, 0.3) is 22.6 Å². The second kappa shape index (κ2) is 10.6. The summed E-state index contributed by atoms with van der Waals surface area (Å²) >= 11 is 0. The monoisotopic (exact) mass is 521 g/mol. The number of halogens is 3. The zero-order valence-electron chi connectivity index (χ0n) is 21.6. The average molecular weight is 522 g/mol. The van der Waals surface area contributed by atoms with Gasteiger partial charge in [0.15, 0.2) is 0 Å². The Labute approximate surface area is 219 Å². The smallest absolute Gasteiger partial charge is 0.416 e. The third kappa shape index (κ3) is 5.43. The molecule has 1 saturated heterocycles. The highest BCUT2D eigenvalue weighted by Gasteiger charge is 2.30. The molecule has 0 saturated carbocycles. The van der Waals surface area contributed by atoms with Crippen molar-refractivity contribution in [3.63, 3.8) is 0 Å². The van der Waals surface area contributed by atoms with Crippen molar-refractivity contribution >= 4 is 0 Å². The normalized spacial score (nSPS) is 14.7. The molecule has 1 aliphatic heterocycles. The number of hydrogen-bond donors (Lipinski definition) is 1. The summed E-state index contributed by atoms with van der Waals surface area (Å²) < 4.78 is 47.8. The van der Waals surface area contributed by atoms with E-state index in [-0.39, 0.29) is 12.1 Å². The van der Waals surface area contributed by atoms with Gasteiger partial charge in [-0.3, -0.25) is 0 Å². The lowest BCUT2D eigenvalue weighted by Gasteiger charge is -2.25. The Morgan fingerprint density at radius 2 is 1.74 bits per heavy atom. The van der Waals surface area contributed by atoms with Gasteiger partial charge in [0, 0.05) is 17.8 Å². The number of rotatable bonds is 6. The molecule has 4 aromatic rings. The molecule has 2 aromatic heterocycles. The number of aromatic nitrogens is 4. The van der Waals surface area contributed by atoms with E-state index in [1.807, 2.05) is 19.1 Å². The van der Waals surface area contributed by atoms with Gasteiger partial charge in [0.25, 0.3) is 0 Å². The number of hydrogen-bond acceptors (Lipinski definition) is 5. The van der Waals surface area contributed by atoms with Crippen LogP contribution >= 0.6 is 0 Å². The first kappa shape index (κ1) is 25.9. The number of benzene rings is 2. The zero-order chi connectivity index (χ0) is 26.9. The standard InChI is InChI=1S/C29H30F3N5O/c1-18(2)21-5-4-19(3)25(16-21)38-28-34-15-12-24(36-28)27-26(20-6-8-22(9-7-20)29(30,31)32)35-17-37(27)23-10-13-33-14-11-23/h4-9,12,15-18,23,33H,10-11,13-14H2,1-3H3. The molecule has 38 heavy (non-hydrogen) atoms. The summed E-state index contributed by atoms with van der Waals surface area (Å²) in [6.07, 6.45) is 0.809. The van der Waals surface area contributed by atoms with Gasteiger partial charge in [0.1, 0.15) is 5.75 Å². The van der Waals surface area contributed by atoms with Crippen molar-refractivity contribution < 1.29 is 17.9 Å². The Balaban J connectivity index is 1.56. The molecule has 3 heterocycles. The lowest BCUT2D eigenvalue weighted by Crippen LogP contribution is -2.29. The molecule has 198 valence electrons. The summed E-state index contributed by atoms with van der Waals surface area (Å²) in [7, 11) is 0. The first-order valence-electron chi connectivity index (χ1n) is 12.8. The van der Waals surface area contributed by atoms with E-state index in [4.69, 9.17) is 9.72 Å². The summed E-state index contributed by atoms with van der Waals surface area (Å²) in [5, 5.41) is 3.37. The van der Waals surface area contributed by atoms with Crippen molar-refractivity contribution in [2.75, 3.05) is 13.1 Å². The van der Waals surface area contributed by atoms with E-state index >= 15 is 0 Å². The lowest BCUT2D eigenvalue weighted by molar-refractivity contribution is -0.137. The van der Waals surface area contributed by atoms with Gasteiger partial charge in [-0.2, -0.15) is 18.2 Å². The van der Waals surface area contributed by atoms with E-state index < -0.39 is 11.7 Å². The van der Waals surface area contributed by atoms with E-state index in [1.165, 1.54) is 12.1 Å². The van der Waals surface area contributed by atoms with E-state index in [9.17, 15) is 13.2 Å². The first-order valence-corrected chi connectivity index (χ1v) is 12.8. The third-order valence-electron chi connectivity index (χ3n) is 6.94. The van der Waals surface area contributed by atoms with Crippen LogP contribution in [0.4, 0.5) is 13.2 Å². The highest BCUT2D eigenvalue weighted by atomic mass is 19.4. The van der Waals surface area contributed by atoms with Gasteiger partial charge in [-0.1, -0.05) is 38.1 Å². The first-order chi connectivity index (χ1) is 18.2. The maximum atomic E-state index is 13.2. The van der Waals surface area contributed by atoms with Gasteiger partial charge < -0.3 is 14.6 Å². The Bertz CT molecular complexity index is 1410. The molecule has 0 radical (unpaired) electrons. The Morgan fingerprint density at radius 1 is 1.00 bits per heavy atom. The maximum Gasteiger partial charge on any atom is 0.416 e. The molecule has 0 atom stereocenters. The predicted molar refractivity (Wildman–Crippen MR) is 140 cm³/mol. The Hall–Kier alpha value is -3.72. The largest absolute Gasteiger partial charge is 0.424 e. The van der Waals surface area contributed by atoms with Crippen LogP contribution in [-0.2, 0) is 6.18 Å². The summed E-state index contributed by atoms with van der Waals surface area (Å²) in [5.74, 6) is 1.03. The minimum absolute atomic E-state index is 0.186. The van der Waals surface area contributed by atoms with Crippen molar-refractivity contribution in [2.45, 2.75) is 51.7 Å². The Morgan fingerprint density at radius 3 is 2.42 bits per heavy atom. The van der Waals surface area contributed by atoms with Gasteiger partial charge >= 0.3 is 12.2 Å². The molecule has 0 bridgehead atoms. The summed E-state index contributed by atoms with van der Waals surface area (Å²) in [4.78, 5) is 13.7. The van der Waals surface area contributed by atoms with Crippen molar-refractivity contribution in [3.05, 3.63) is 77.7 Å². The number of ether oxygens (including phenoxy) is 1. The zero-order valence-corrected chi connectivity index (χ0v) is 21.6. The molecule has 1 aliphatic rings. The van der Waals surface area contributed by atoms with E-state index in [0.29, 0.717) is 28.6 Å². The predicted octanol–water partition coefficient (Wildman–Crippen LogP) is 7.17. The van der Waals surface area contributed by atoms with Crippen LogP contribution in [-0.4, -0.2) is 32.6 Å². The van der Waals surface area contributed by atoms with Crippen molar-refractivity contribution in [2.24, 2.45) is 0 Å². The van der Waals surface area contributed by atoms with Crippen LogP contribution in [0, 0.1) is 6.92 Å². The minimum Gasteiger partial charge on any atom is -0.424 e. The molecule has 0 unspecified atom stereocenters. The van der Waals surface area contributed by atoms with Gasteiger partial charge in [0.2, 0.25) is 0 Å².